The summed E-state index contributed by atoms with van der Waals surface area (Å²) in [5, 5.41) is 0.735. The monoisotopic (exact) mass is 182 g/mol. The van der Waals surface area contributed by atoms with E-state index < -0.39 is 0 Å². The zero-order valence-corrected chi connectivity index (χ0v) is 7.74. The summed E-state index contributed by atoms with van der Waals surface area (Å²) in [7, 11) is 0. The maximum absolute atomic E-state index is 5.52. The first-order valence-electron chi connectivity index (χ1n) is 2.79. The Labute approximate surface area is 71.5 Å². The molecule has 0 aromatic carbocycles. The van der Waals surface area contributed by atoms with Crippen molar-refractivity contribution >= 4 is 36.0 Å². The van der Waals surface area contributed by atoms with E-state index in [-0.39, 0.29) is 0 Å². The van der Waals surface area contributed by atoms with Gasteiger partial charge in [0.2, 0.25) is 0 Å². The third-order valence-corrected chi connectivity index (χ3v) is 2.44. The zero-order chi connectivity index (χ0) is 7.11. The van der Waals surface area contributed by atoms with Gasteiger partial charge in [-0.2, -0.15) is 24.4 Å². The highest BCUT2D eigenvalue weighted by Crippen LogP contribution is 2.10. The summed E-state index contributed by atoms with van der Waals surface area (Å²) >= 11 is 11.4. The molecule has 0 radical (unpaired) electrons. The molecule has 0 amide bonds. The molecule has 0 bridgehead atoms. The molecule has 0 nitrogen and oxygen atoms in total. The van der Waals surface area contributed by atoms with Crippen LogP contribution in [0.2, 0.25) is 0 Å². The van der Waals surface area contributed by atoms with E-state index in [0.717, 1.165) is 28.7 Å². The zero-order valence-electron chi connectivity index (χ0n) is 5.27. The molecule has 0 heterocycles. The summed E-state index contributed by atoms with van der Waals surface area (Å²) in [4.78, 5) is 0. The van der Waals surface area contributed by atoms with Gasteiger partial charge in [0.05, 0.1) is 0 Å². The Morgan fingerprint density at radius 2 is 2.33 bits per heavy atom. The van der Waals surface area contributed by atoms with Crippen LogP contribution in [0.5, 0.6) is 0 Å². The molecule has 0 aliphatic rings. The van der Waals surface area contributed by atoms with E-state index in [1.54, 1.807) is 11.8 Å². The van der Waals surface area contributed by atoms with Crippen LogP contribution in [0.1, 0.15) is 6.42 Å². The maximum atomic E-state index is 5.52. The van der Waals surface area contributed by atoms with Crippen molar-refractivity contribution in [3.8, 4) is 0 Å². The molecule has 9 heavy (non-hydrogen) atoms. The third kappa shape index (κ3) is 8.73. The van der Waals surface area contributed by atoms with Gasteiger partial charge in [-0.3, -0.25) is 0 Å². The van der Waals surface area contributed by atoms with Crippen LogP contribution in [-0.2, 0) is 0 Å². The fourth-order valence-electron chi connectivity index (χ4n) is 0.350. The molecule has 0 atom stereocenters. The largest absolute Gasteiger partial charge is 0.179 e. The van der Waals surface area contributed by atoms with E-state index in [1.807, 2.05) is 0 Å². The second-order valence-corrected chi connectivity index (χ2v) is 3.73. The number of halogens is 1. The molecule has 0 saturated heterocycles. The van der Waals surface area contributed by atoms with Crippen LogP contribution in [0.4, 0.5) is 0 Å². The summed E-state index contributed by atoms with van der Waals surface area (Å²) in [5.74, 6) is 2.96. The van der Waals surface area contributed by atoms with Crippen molar-refractivity contribution in [2.24, 2.45) is 0 Å². The third-order valence-electron chi connectivity index (χ3n) is 0.705. The van der Waals surface area contributed by atoms with E-state index >= 15 is 0 Å². The molecule has 0 aliphatic carbocycles. The molecule has 0 fully saturated rings. The summed E-state index contributed by atoms with van der Waals surface area (Å²) in [6, 6.07) is 0. The van der Waals surface area contributed by atoms with Gasteiger partial charge in [-0.05, 0) is 17.9 Å². The highest BCUT2D eigenvalue weighted by molar-refractivity contribution is 7.99. The summed E-state index contributed by atoms with van der Waals surface area (Å²) < 4.78 is 0. The lowest BCUT2D eigenvalue weighted by Gasteiger charge is -1.95. The SMILES string of the molecule is C=C(Cl)CSCCCS. The molecule has 0 saturated carbocycles. The second-order valence-electron chi connectivity index (χ2n) is 1.65. The lowest BCUT2D eigenvalue weighted by molar-refractivity contribution is 1.13. The molecule has 0 N–H and O–H groups in total. The minimum Gasteiger partial charge on any atom is -0.179 e. The van der Waals surface area contributed by atoms with Gasteiger partial charge in [0.1, 0.15) is 0 Å². The quantitative estimate of drug-likeness (QED) is 0.504. The van der Waals surface area contributed by atoms with E-state index in [0.29, 0.717) is 0 Å². The van der Waals surface area contributed by atoms with Crippen LogP contribution in [0, 0.1) is 0 Å². The number of hydrogen-bond acceptors (Lipinski definition) is 2. The second kappa shape index (κ2) is 6.84. The van der Waals surface area contributed by atoms with Gasteiger partial charge in [-0.1, -0.05) is 18.2 Å². The van der Waals surface area contributed by atoms with E-state index in [9.17, 15) is 0 Å². The van der Waals surface area contributed by atoms with Crippen molar-refractivity contribution < 1.29 is 0 Å². The van der Waals surface area contributed by atoms with Crippen molar-refractivity contribution in [3.05, 3.63) is 11.6 Å². The molecular formula is C6H11ClS2. The molecule has 0 spiro atoms. The Balaban J connectivity index is 2.83. The number of thiol groups is 1. The van der Waals surface area contributed by atoms with Gasteiger partial charge in [0, 0.05) is 10.8 Å². The Morgan fingerprint density at radius 3 is 2.78 bits per heavy atom. The first-order chi connectivity index (χ1) is 4.27. The molecule has 0 unspecified atom stereocenters. The molecule has 0 rings (SSSR count). The van der Waals surface area contributed by atoms with E-state index in [4.69, 9.17) is 11.6 Å². The van der Waals surface area contributed by atoms with Crippen LogP contribution in [-0.4, -0.2) is 17.3 Å². The smallest absolute Gasteiger partial charge is 0.0286 e. The number of hydrogen-bond donors (Lipinski definition) is 1. The lowest BCUT2D eigenvalue weighted by atomic mass is 10.6. The van der Waals surface area contributed by atoms with Crippen LogP contribution in [0.25, 0.3) is 0 Å². The number of rotatable bonds is 5. The first-order valence-corrected chi connectivity index (χ1v) is 4.95. The normalized spacial score (nSPS) is 9.56. The highest BCUT2D eigenvalue weighted by Gasteiger charge is 1.88. The Hall–Kier alpha value is 0.730. The Kier molecular flexibility index (Phi) is 7.40. The van der Waals surface area contributed by atoms with Gasteiger partial charge >= 0.3 is 0 Å². The van der Waals surface area contributed by atoms with Crippen LogP contribution >= 0.6 is 36.0 Å². The van der Waals surface area contributed by atoms with Crippen molar-refractivity contribution in [1.29, 1.82) is 0 Å². The highest BCUT2D eigenvalue weighted by atomic mass is 35.5. The Bertz CT molecular complexity index is 83.1. The van der Waals surface area contributed by atoms with Crippen molar-refractivity contribution in [1.82, 2.24) is 0 Å². The van der Waals surface area contributed by atoms with Gasteiger partial charge in [0.15, 0.2) is 0 Å². The van der Waals surface area contributed by atoms with Gasteiger partial charge in [-0.25, -0.2) is 0 Å². The molecule has 3 heteroatoms. The minimum atomic E-state index is 0.735. The average Bonchev–Trinajstić information content (AvgIpc) is 1.80. The fourth-order valence-corrected chi connectivity index (χ4v) is 1.67. The van der Waals surface area contributed by atoms with E-state index in [2.05, 4.69) is 19.2 Å². The van der Waals surface area contributed by atoms with Crippen molar-refractivity contribution in [2.45, 2.75) is 6.42 Å². The minimum absolute atomic E-state index is 0.735. The molecule has 0 aliphatic heterocycles. The molecule has 0 aromatic heterocycles. The van der Waals surface area contributed by atoms with Crippen LogP contribution in [0.3, 0.4) is 0 Å². The van der Waals surface area contributed by atoms with Crippen molar-refractivity contribution in [2.75, 3.05) is 17.3 Å². The summed E-state index contributed by atoms with van der Waals surface area (Å²) in [5.41, 5.74) is 0. The number of thioether (sulfide) groups is 1. The predicted octanol–water partition coefficient (Wildman–Crippen LogP) is 2.79. The van der Waals surface area contributed by atoms with Gasteiger partial charge < -0.3 is 0 Å². The van der Waals surface area contributed by atoms with Gasteiger partial charge in [0.25, 0.3) is 0 Å². The topological polar surface area (TPSA) is 0 Å². The summed E-state index contributed by atoms with van der Waals surface area (Å²) in [6.45, 7) is 3.58. The van der Waals surface area contributed by atoms with Crippen LogP contribution in [0.15, 0.2) is 11.6 Å². The maximum Gasteiger partial charge on any atom is 0.0286 e. The molecule has 0 aromatic rings. The standard InChI is InChI=1S/C6H11ClS2/c1-6(7)5-9-4-2-3-8/h8H,1-5H2. The average molecular weight is 183 g/mol. The molecule has 54 valence electrons. The predicted molar refractivity (Wildman–Crippen MR) is 50.8 cm³/mol. The lowest BCUT2D eigenvalue weighted by Crippen LogP contribution is -1.83. The first kappa shape index (κ1) is 9.73. The fraction of sp³-hybridized carbons (Fsp3) is 0.667. The van der Waals surface area contributed by atoms with Crippen molar-refractivity contribution in [3.63, 3.8) is 0 Å². The Morgan fingerprint density at radius 1 is 1.67 bits per heavy atom. The van der Waals surface area contributed by atoms with E-state index in [1.165, 1.54) is 0 Å². The summed E-state index contributed by atoms with van der Waals surface area (Å²) in [6.07, 6.45) is 1.15. The molecular weight excluding hydrogens is 172 g/mol. The van der Waals surface area contributed by atoms with Crippen LogP contribution < -0.4 is 0 Å². The van der Waals surface area contributed by atoms with Gasteiger partial charge in [-0.15, -0.1) is 0 Å².